The molecule has 2 saturated carbocycles. The van der Waals surface area contributed by atoms with Crippen LogP contribution in [0.2, 0.25) is 0 Å². The van der Waals surface area contributed by atoms with Gasteiger partial charge in [-0.05, 0) is 24.7 Å². The van der Waals surface area contributed by atoms with Gasteiger partial charge < -0.3 is 25.5 Å². The summed E-state index contributed by atoms with van der Waals surface area (Å²) in [5, 5.41) is 48.3. The molecule has 0 saturated heterocycles. The Hall–Kier alpha value is -2.77. The quantitative estimate of drug-likeness (QED) is 0.139. The minimum Gasteiger partial charge on any atom is -0.480 e. The monoisotopic (exact) mass is 585 g/mol. The lowest BCUT2D eigenvalue weighted by atomic mass is 9.84. The third kappa shape index (κ3) is 13.2. The fourth-order valence-electron chi connectivity index (χ4n) is 6.33. The van der Waals surface area contributed by atoms with Gasteiger partial charge in [0.1, 0.15) is 12.1 Å². The molecule has 41 heavy (non-hydrogen) atoms. The maximum absolute atomic E-state index is 12.2. The highest BCUT2D eigenvalue weighted by atomic mass is 16.4. The van der Waals surface area contributed by atoms with Crippen molar-refractivity contribution in [2.45, 2.75) is 89.1 Å². The largest absolute Gasteiger partial charge is 0.480 e. The van der Waals surface area contributed by atoms with Crippen molar-refractivity contribution in [2.75, 3.05) is 45.8 Å². The van der Waals surface area contributed by atoms with E-state index in [0.717, 1.165) is 64.2 Å². The lowest BCUT2D eigenvalue weighted by Gasteiger charge is -2.34. The van der Waals surface area contributed by atoms with E-state index in [1.165, 1.54) is 14.7 Å². The van der Waals surface area contributed by atoms with Crippen molar-refractivity contribution in [2.24, 2.45) is 11.8 Å². The Morgan fingerprint density at radius 1 is 0.512 bits per heavy atom. The first kappa shape index (κ1) is 34.4. The normalized spacial score (nSPS) is 18.4. The average Bonchev–Trinajstić information content (AvgIpc) is 2.90. The van der Waals surface area contributed by atoms with Gasteiger partial charge in [-0.15, -0.1) is 0 Å². The number of rotatable bonds is 20. The predicted octanol–water partition coefficient (Wildman–Crippen LogP) is 1.99. The van der Waals surface area contributed by atoms with Crippen LogP contribution in [0, 0.1) is 11.8 Å². The number of carbonyl (C=O) groups is 5. The van der Waals surface area contributed by atoms with Crippen molar-refractivity contribution in [3.8, 4) is 0 Å². The summed E-state index contributed by atoms with van der Waals surface area (Å²) in [6.07, 6.45) is 10.4. The van der Waals surface area contributed by atoms with Crippen LogP contribution >= 0.6 is 0 Å². The highest BCUT2D eigenvalue weighted by molar-refractivity contribution is 5.76. The molecule has 0 heterocycles. The molecule has 2 aliphatic rings. The molecule has 0 aromatic carbocycles. The first-order valence-electron chi connectivity index (χ1n) is 14.8. The molecule has 0 aromatic rings. The molecule has 13 heteroatoms. The lowest BCUT2D eigenvalue weighted by Crippen LogP contribution is -2.51. The summed E-state index contributed by atoms with van der Waals surface area (Å²) >= 11 is 0. The summed E-state index contributed by atoms with van der Waals surface area (Å²) in [7, 11) is 0. The Kier molecular flexibility index (Phi) is 15.0. The summed E-state index contributed by atoms with van der Waals surface area (Å²) < 4.78 is 0. The van der Waals surface area contributed by atoms with Gasteiger partial charge in [0.05, 0.1) is 19.6 Å². The summed E-state index contributed by atoms with van der Waals surface area (Å²) in [4.78, 5) is 63.4. The van der Waals surface area contributed by atoms with Gasteiger partial charge in [-0.25, -0.2) is 0 Å². The van der Waals surface area contributed by atoms with E-state index in [0.29, 0.717) is 12.8 Å². The number of carboxylic acids is 5. The second kappa shape index (κ2) is 17.9. The van der Waals surface area contributed by atoms with Crippen molar-refractivity contribution in [3.05, 3.63) is 0 Å². The van der Waals surface area contributed by atoms with Crippen molar-refractivity contribution in [3.63, 3.8) is 0 Å². The zero-order chi connectivity index (χ0) is 30.4. The molecule has 0 amide bonds. The first-order valence-corrected chi connectivity index (χ1v) is 14.8. The molecule has 0 bridgehead atoms. The van der Waals surface area contributed by atoms with Gasteiger partial charge in [0, 0.05) is 26.2 Å². The number of nitrogens with zero attached hydrogens (tertiary/aromatic N) is 3. The molecule has 2 atom stereocenters. The zero-order valence-corrected chi connectivity index (χ0v) is 23.9. The van der Waals surface area contributed by atoms with E-state index in [-0.39, 0.29) is 38.0 Å². The van der Waals surface area contributed by atoms with E-state index in [1.54, 1.807) is 0 Å². The molecular weight excluding hydrogens is 538 g/mol. The first-order chi connectivity index (χ1) is 19.5. The maximum atomic E-state index is 12.2. The molecular formula is C28H47N3O10. The van der Waals surface area contributed by atoms with Gasteiger partial charge in [-0.3, -0.25) is 38.7 Å². The third-order valence-corrected chi connectivity index (χ3v) is 8.46. The van der Waals surface area contributed by atoms with E-state index < -0.39 is 61.6 Å². The molecule has 5 N–H and O–H groups in total. The van der Waals surface area contributed by atoms with Crippen molar-refractivity contribution in [1.29, 1.82) is 0 Å². The number of aliphatic carboxylic acids is 5. The van der Waals surface area contributed by atoms with Crippen LogP contribution in [0.25, 0.3) is 0 Å². The molecule has 0 radical (unpaired) electrons. The van der Waals surface area contributed by atoms with E-state index in [2.05, 4.69) is 0 Å². The minimum absolute atomic E-state index is 0.0212. The van der Waals surface area contributed by atoms with Gasteiger partial charge in [0.2, 0.25) is 0 Å². The van der Waals surface area contributed by atoms with Crippen LogP contribution in [0.4, 0.5) is 0 Å². The number of hydrogen-bond acceptors (Lipinski definition) is 8. The zero-order valence-electron chi connectivity index (χ0n) is 23.9. The topological polar surface area (TPSA) is 196 Å². The SMILES string of the molecule is O=C(O)CN(CCN(CC(=O)O)C(CC1CCCCC1)C(=O)O)CCN(CC(=O)O)C(CC1CCCCC1)C(=O)O. The van der Waals surface area contributed by atoms with E-state index >= 15 is 0 Å². The van der Waals surface area contributed by atoms with Gasteiger partial charge in [0.15, 0.2) is 0 Å². The smallest absolute Gasteiger partial charge is 0.320 e. The molecule has 234 valence electrons. The summed E-state index contributed by atoms with van der Waals surface area (Å²) in [5.74, 6) is -5.43. The highest BCUT2D eigenvalue weighted by Crippen LogP contribution is 2.30. The average molecular weight is 586 g/mol. The van der Waals surface area contributed by atoms with Crippen molar-refractivity contribution < 1.29 is 49.5 Å². The van der Waals surface area contributed by atoms with Gasteiger partial charge in [-0.1, -0.05) is 64.2 Å². The summed E-state index contributed by atoms with van der Waals surface area (Å²) in [6.45, 7) is -1.47. The van der Waals surface area contributed by atoms with Gasteiger partial charge >= 0.3 is 29.8 Å². The molecule has 0 spiro atoms. The molecule has 2 rings (SSSR count). The van der Waals surface area contributed by atoms with Crippen molar-refractivity contribution >= 4 is 29.8 Å². The Labute approximate surface area is 241 Å². The van der Waals surface area contributed by atoms with Crippen LogP contribution < -0.4 is 0 Å². The standard InChI is InChI=1S/C28H47N3O10/c32-24(33)17-29(11-13-30(18-25(34)35)22(27(38)39)15-20-7-3-1-4-8-20)12-14-31(19-26(36)37)23(28(40)41)16-21-9-5-2-6-10-21/h20-23H,1-19H2,(H,32,33)(H,34,35)(H,36,37)(H,38,39)(H,40,41). The molecule has 2 aliphatic carbocycles. The lowest BCUT2D eigenvalue weighted by molar-refractivity contribution is -0.148. The molecule has 0 aromatic heterocycles. The minimum atomic E-state index is -1.19. The van der Waals surface area contributed by atoms with Crippen LogP contribution in [0.3, 0.4) is 0 Å². The van der Waals surface area contributed by atoms with E-state index in [9.17, 15) is 49.5 Å². The van der Waals surface area contributed by atoms with Crippen LogP contribution in [0.15, 0.2) is 0 Å². The Bertz CT molecular complexity index is 811. The predicted molar refractivity (Wildman–Crippen MR) is 148 cm³/mol. The summed E-state index contributed by atoms with van der Waals surface area (Å²) in [6, 6.07) is -2.06. The second-order valence-corrected chi connectivity index (χ2v) is 11.6. The number of carboxylic acid groups (broad SMARTS) is 5. The van der Waals surface area contributed by atoms with Crippen molar-refractivity contribution in [1.82, 2.24) is 14.7 Å². The Morgan fingerprint density at radius 2 is 0.854 bits per heavy atom. The van der Waals surface area contributed by atoms with Gasteiger partial charge in [0.25, 0.3) is 0 Å². The Balaban J connectivity index is 2.13. The van der Waals surface area contributed by atoms with E-state index in [4.69, 9.17) is 0 Å². The fourth-order valence-corrected chi connectivity index (χ4v) is 6.33. The Morgan fingerprint density at radius 3 is 1.15 bits per heavy atom. The molecule has 2 unspecified atom stereocenters. The van der Waals surface area contributed by atoms with E-state index in [1.807, 2.05) is 0 Å². The molecule has 13 nitrogen and oxygen atoms in total. The third-order valence-electron chi connectivity index (χ3n) is 8.46. The maximum Gasteiger partial charge on any atom is 0.320 e. The molecule has 2 fully saturated rings. The van der Waals surface area contributed by atoms with Crippen LogP contribution in [-0.4, -0.2) is 128 Å². The number of hydrogen-bond donors (Lipinski definition) is 5. The molecule has 0 aliphatic heterocycles. The fraction of sp³-hybridized carbons (Fsp3) is 0.821. The highest BCUT2D eigenvalue weighted by Gasteiger charge is 2.33. The van der Waals surface area contributed by atoms with Crippen LogP contribution in [0.5, 0.6) is 0 Å². The second-order valence-electron chi connectivity index (χ2n) is 11.6. The van der Waals surface area contributed by atoms with Crippen LogP contribution in [-0.2, 0) is 24.0 Å². The van der Waals surface area contributed by atoms with Gasteiger partial charge in [-0.2, -0.15) is 0 Å². The summed E-state index contributed by atoms with van der Waals surface area (Å²) in [5.41, 5.74) is 0. The van der Waals surface area contributed by atoms with Crippen LogP contribution in [0.1, 0.15) is 77.0 Å².